The minimum atomic E-state index is -1.22. The second-order valence-electron chi connectivity index (χ2n) is 11.0. The normalized spacial score (nSPS) is 19.0. The molecule has 9 nitrogen and oxygen atoms in total. The van der Waals surface area contributed by atoms with Gasteiger partial charge in [-0.05, 0) is 61.3 Å². The van der Waals surface area contributed by atoms with Crippen molar-refractivity contribution in [3.8, 4) is 0 Å². The van der Waals surface area contributed by atoms with Crippen LogP contribution in [-0.4, -0.2) is 54.1 Å². The van der Waals surface area contributed by atoms with E-state index in [0.29, 0.717) is 18.5 Å². The van der Waals surface area contributed by atoms with E-state index in [0.717, 1.165) is 18.9 Å². The van der Waals surface area contributed by atoms with E-state index >= 15 is 0 Å². The molecular formula is C27H34ClFN4O5. The molecule has 1 aromatic carbocycles. The second kappa shape index (κ2) is 12.5. The maximum absolute atomic E-state index is 13.4. The van der Waals surface area contributed by atoms with Crippen LogP contribution in [0, 0.1) is 17.2 Å². The molecule has 1 heterocycles. The Hall–Kier alpha value is -3.27. The largest absolute Gasteiger partial charge is 0.356 e. The first-order chi connectivity index (χ1) is 17.8. The standard InChI is InChI=1S/C27H34ClFN4O5/c1-27(2,3)14-21(32-22(34)9-5-15-4-6-17(29)13-19(15)28)25(37)33-20(12-16-10-11-30-24(16)36)23(35)26(38)31-18-7-8-18/h4-6,9,13,16,18,20-21H,7-8,10-12,14H2,1-3H3,(H,30,36)(H,31,38)(H,32,34)(H,33,37)/b9-5+/t16-,20?,21-/m0/s1. The molecule has 1 saturated carbocycles. The van der Waals surface area contributed by atoms with Crippen LogP contribution < -0.4 is 21.3 Å². The minimum absolute atomic E-state index is 0.0202. The summed E-state index contributed by atoms with van der Waals surface area (Å²) in [5.74, 6) is -4.12. The van der Waals surface area contributed by atoms with Gasteiger partial charge in [0.05, 0.1) is 11.1 Å². The summed E-state index contributed by atoms with van der Waals surface area (Å²) in [5, 5.41) is 10.7. The van der Waals surface area contributed by atoms with Crippen LogP contribution in [0.2, 0.25) is 5.02 Å². The number of benzene rings is 1. The zero-order chi connectivity index (χ0) is 28.0. The average Bonchev–Trinajstić information content (AvgIpc) is 3.55. The number of halogens is 2. The van der Waals surface area contributed by atoms with Crippen LogP contribution in [0.3, 0.4) is 0 Å². The molecule has 1 aliphatic heterocycles. The van der Waals surface area contributed by atoms with Crippen LogP contribution in [0.1, 0.15) is 58.4 Å². The van der Waals surface area contributed by atoms with Crippen molar-refractivity contribution in [2.75, 3.05) is 6.54 Å². The highest BCUT2D eigenvalue weighted by molar-refractivity contribution is 6.38. The summed E-state index contributed by atoms with van der Waals surface area (Å²) in [7, 11) is 0. The number of ketones is 1. The number of amides is 4. The Labute approximate surface area is 226 Å². The first-order valence-corrected chi connectivity index (χ1v) is 13.1. The predicted molar refractivity (Wildman–Crippen MR) is 140 cm³/mol. The van der Waals surface area contributed by atoms with E-state index in [-0.39, 0.29) is 35.2 Å². The van der Waals surface area contributed by atoms with Crippen LogP contribution in [0.15, 0.2) is 24.3 Å². The number of carbonyl (C=O) groups excluding carboxylic acids is 5. The summed E-state index contributed by atoms with van der Waals surface area (Å²) in [6.07, 6.45) is 4.85. The van der Waals surface area contributed by atoms with E-state index in [1.807, 2.05) is 20.8 Å². The third-order valence-corrected chi connectivity index (χ3v) is 6.61. The molecule has 2 fully saturated rings. The highest BCUT2D eigenvalue weighted by Crippen LogP contribution is 2.23. The van der Waals surface area contributed by atoms with Crippen molar-refractivity contribution < 1.29 is 28.4 Å². The minimum Gasteiger partial charge on any atom is -0.356 e. The molecule has 0 radical (unpaired) electrons. The summed E-state index contributed by atoms with van der Waals surface area (Å²) < 4.78 is 13.3. The van der Waals surface area contributed by atoms with Gasteiger partial charge >= 0.3 is 0 Å². The smallest absolute Gasteiger partial charge is 0.289 e. The number of rotatable bonds is 11. The van der Waals surface area contributed by atoms with E-state index in [4.69, 9.17) is 11.6 Å². The molecular weight excluding hydrogens is 515 g/mol. The van der Waals surface area contributed by atoms with Crippen LogP contribution in [0.4, 0.5) is 4.39 Å². The van der Waals surface area contributed by atoms with E-state index in [2.05, 4.69) is 21.3 Å². The van der Waals surface area contributed by atoms with Gasteiger partial charge in [0.15, 0.2) is 0 Å². The molecule has 1 aromatic rings. The van der Waals surface area contributed by atoms with Crippen LogP contribution >= 0.6 is 11.6 Å². The maximum Gasteiger partial charge on any atom is 0.289 e. The summed E-state index contributed by atoms with van der Waals surface area (Å²) in [6, 6.07) is 1.45. The molecule has 3 atom stereocenters. The topological polar surface area (TPSA) is 133 Å². The predicted octanol–water partition coefficient (Wildman–Crippen LogP) is 2.27. The van der Waals surface area contributed by atoms with Gasteiger partial charge in [-0.1, -0.05) is 38.4 Å². The number of hydrogen-bond donors (Lipinski definition) is 4. The van der Waals surface area contributed by atoms with E-state index < -0.39 is 47.3 Å². The Morgan fingerprint density at radius 1 is 1.13 bits per heavy atom. The molecule has 0 bridgehead atoms. The Morgan fingerprint density at radius 3 is 2.42 bits per heavy atom. The van der Waals surface area contributed by atoms with Crippen molar-refractivity contribution in [2.45, 2.75) is 71.0 Å². The van der Waals surface area contributed by atoms with Crippen molar-refractivity contribution in [1.82, 2.24) is 21.3 Å². The van der Waals surface area contributed by atoms with E-state index in [1.54, 1.807) is 0 Å². The lowest BCUT2D eigenvalue weighted by Crippen LogP contribution is -2.55. The molecule has 1 saturated heterocycles. The second-order valence-corrected chi connectivity index (χ2v) is 11.4. The monoisotopic (exact) mass is 548 g/mol. The molecule has 4 amide bonds. The Kier molecular flexibility index (Phi) is 9.65. The van der Waals surface area contributed by atoms with E-state index in [1.165, 1.54) is 24.3 Å². The summed E-state index contributed by atoms with van der Waals surface area (Å²) in [6.45, 7) is 6.13. The molecule has 206 valence electrons. The summed E-state index contributed by atoms with van der Waals surface area (Å²) >= 11 is 6.00. The third-order valence-electron chi connectivity index (χ3n) is 6.28. The molecule has 4 N–H and O–H groups in total. The van der Waals surface area contributed by atoms with Crippen molar-refractivity contribution in [3.05, 3.63) is 40.7 Å². The quantitative estimate of drug-likeness (QED) is 0.249. The number of Topliss-reactive ketones (excluding diaryl/α,β-unsaturated/α-hetero) is 1. The lowest BCUT2D eigenvalue weighted by molar-refractivity contribution is -0.141. The number of carbonyl (C=O) groups is 5. The lowest BCUT2D eigenvalue weighted by Gasteiger charge is -2.28. The van der Waals surface area contributed by atoms with Crippen molar-refractivity contribution in [2.24, 2.45) is 11.3 Å². The van der Waals surface area contributed by atoms with Gasteiger partial charge in [-0.25, -0.2) is 4.39 Å². The van der Waals surface area contributed by atoms with Gasteiger partial charge in [0.1, 0.15) is 11.9 Å². The fourth-order valence-corrected chi connectivity index (χ4v) is 4.37. The van der Waals surface area contributed by atoms with Crippen molar-refractivity contribution in [3.63, 3.8) is 0 Å². The van der Waals surface area contributed by atoms with Gasteiger partial charge in [-0.15, -0.1) is 0 Å². The van der Waals surface area contributed by atoms with Gasteiger partial charge in [0.2, 0.25) is 23.5 Å². The highest BCUT2D eigenvalue weighted by Gasteiger charge is 2.37. The highest BCUT2D eigenvalue weighted by atomic mass is 35.5. The van der Waals surface area contributed by atoms with E-state index in [9.17, 15) is 28.4 Å². The number of nitrogens with one attached hydrogen (secondary N) is 4. The first-order valence-electron chi connectivity index (χ1n) is 12.7. The average molecular weight is 549 g/mol. The molecule has 1 aliphatic carbocycles. The van der Waals surface area contributed by atoms with Gasteiger partial charge < -0.3 is 21.3 Å². The zero-order valence-electron chi connectivity index (χ0n) is 21.7. The maximum atomic E-state index is 13.4. The van der Waals surface area contributed by atoms with Gasteiger partial charge in [0.25, 0.3) is 5.91 Å². The van der Waals surface area contributed by atoms with Gasteiger partial charge in [-0.3, -0.25) is 24.0 Å². The Morgan fingerprint density at radius 2 is 1.84 bits per heavy atom. The molecule has 11 heteroatoms. The summed E-state index contributed by atoms with van der Waals surface area (Å²) in [4.78, 5) is 63.7. The molecule has 38 heavy (non-hydrogen) atoms. The first kappa shape index (κ1) is 29.3. The fraction of sp³-hybridized carbons (Fsp3) is 0.519. The van der Waals surface area contributed by atoms with Crippen LogP contribution in [0.5, 0.6) is 0 Å². The summed E-state index contributed by atoms with van der Waals surface area (Å²) in [5.41, 5.74) is 0.0372. The zero-order valence-corrected chi connectivity index (χ0v) is 22.5. The Balaban J connectivity index is 1.74. The Bertz CT molecular complexity index is 1130. The molecule has 3 rings (SSSR count). The molecule has 0 spiro atoms. The van der Waals surface area contributed by atoms with Crippen molar-refractivity contribution in [1.29, 1.82) is 0 Å². The van der Waals surface area contributed by atoms with Crippen LogP contribution in [-0.2, 0) is 24.0 Å². The van der Waals surface area contributed by atoms with Crippen LogP contribution in [0.25, 0.3) is 6.08 Å². The fourth-order valence-electron chi connectivity index (χ4n) is 4.14. The van der Waals surface area contributed by atoms with Crippen molar-refractivity contribution >= 4 is 47.1 Å². The molecule has 2 aliphatic rings. The molecule has 1 unspecified atom stereocenters. The third kappa shape index (κ3) is 8.93. The number of hydrogen-bond acceptors (Lipinski definition) is 5. The SMILES string of the molecule is CC(C)(C)C[C@H](NC(=O)/C=C/c1ccc(F)cc1Cl)C(=O)NC(C[C@@H]1CCNC1=O)C(=O)C(=O)NC1CC1. The van der Waals surface area contributed by atoms with Gasteiger partial charge in [0, 0.05) is 24.6 Å². The molecule has 0 aromatic heterocycles. The lowest BCUT2D eigenvalue weighted by atomic mass is 9.87. The van der Waals surface area contributed by atoms with Gasteiger partial charge in [-0.2, -0.15) is 0 Å².